The average molecular weight is 436 g/mol. The van der Waals surface area contributed by atoms with Gasteiger partial charge >= 0.3 is 6.29 Å². The van der Waals surface area contributed by atoms with Gasteiger partial charge in [-0.05, 0) is 47.2 Å². The molecule has 1 N–H and O–H groups in total. The van der Waals surface area contributed by atoms with Gasteiger partial charge in [-0.25, -0.2) is 0 Å². The number of hydrogen-bond acceptors (Lipinski definition) is 4. The van der Waals surface area contributed by atoms with E-state index < -0.39 is 12.2 Å². The van der Waals surface area contributed by atoms with Gasteiger partial charge in [0.2, 0.25) is 0 Å². The third kappa shape index (κ3) is 3.95. The van der Waals surface area contributed by atoms with Gasteiger partial charge in [-0.2, -0.15) is 0 Å². The van der Waals surface area contributed by atoms with Gasteiger partial charge in [-0.1, -0.05) is 28.1 Å². The van der Waals surface area contributed by atoms with Crippen LogP contribution in [0.5, 0.6) is 17.2 Å². The number of halogens is 3. The fourth-order valence-corrected chi connectivity index (χ4v) is 3.04. The predicted octanol–water partition coefficient (Wildman–Crippen LogP) is 4.94. The molecule has 3 aromatic rings. The standard InChI is InChI=1S/C19H12BrF2NO4/c20-13-3-1-12-8-15(5-2-11(12)7-13)25-10-18(24)23-14-4-6-16-17(9-14)27-19(21,22)26-16/h1-9H,10H2,(H,23,24). The minimum atomic E-state index is -3.69. The second kappa shape index (κ2) is 6.70. The summed E-state index contributed by atoms with van der Waals surface area (Å²) in [5.74, 6) is -0.113. The van der Waals surface area contributed by atoms with Crippen LogP contribution in [0.25, 0.3) is 10.8 Å². The molecule has 1 amide bonds. The maximum absolute atomic E-state index is 13.0. The molecule has 0 fully saturated rings. The molecule has 138 valence electrons. The lowest BCUT2D eigenvalue weighted by Gasteiger charge is -2.09. The summed E-state index contributed by atoms with van der Waals surface area (Å²) in [7, 11) is 0. The van der Waals surface area contributed by atoms with Crippen LogP contribution < -0.4 is 19.5 Å². The first-order valence-corrected chi connectivity index (χ1v) is 8.69. The lowest BCUT2D eigenvalue weighted by Crippen LogP contribution is -2.25. The van der Waals surface area contributed by atoms with Crippen LogP contribution in [-0.4, -0.2) is 18.8 Å². The zero-order valence-corrected chi connectivity index (χ0v) is 15.3. The number of carbonyl (C=O) groups excluding carboxylic acids is 1. The van der Waals surface area contributed by atoms with Gasteiger partial charge in [0.15, 0.2) is 18.1 Å². The molecule has 0 spiro atoms. The smallest absolute Gasteiger partial charge is 0.484 e. The number of ether oxygens (including phenoxy) is 3. The Morgan fingerprint density at radius 2 is 1.74 bits per heavy atom. The molecule has 0 bridgehead atoms. The predicted molar refractivity (Wildman–Crippen MR) is 98.4 cm³/mol. The van der Waals surface area contributed by atoms with E-state index >= 15 is 0 Å². The molecule has 8 heteroatoms. The number of hydrogen-bond donors (Lipinski definition) is 1. The highest BCUT2D eigenvalue weighted by atomic mass is 79.9. The van der Waals surface area contributed by atoms with Crippen molar-refractivity contribution < 1.29 is 27.8 Å². The molecule has 3 aromatic carbocycles. The summed E-state index contributed by atoms with van der Waals surface area (Å²) in [4.78, 5) is 12.1. The number of anilines is 1. The van der Waals surface area contributed by atoms with Crippen molar-refractivity contribution >= 4 is 38.3 Å². The van der Waals surface area contributed by atoms with Crippen LogP contribution >= 0.6 is 15.9 Å². The van der Waals surface area contributed by atoms with Gasteiger partial charge < -0.3 is 19.5 Å². The zero-order chi connectivity index (χ0) is 19.0. The number of fused-ring (bicyclic) bond motifs is 2. The number of alkyl halides is 2. The van der Waals surface area contributed by atoms with Gasteiger partial charge in [0.05, 0.1) is 0 Å². The van der Waals surface area contributed by atoms with Gasteiger partial charge in [0.1, 0.15) is 5.75 Å². The SMILES string of the molecule is O=C(COc1ccc2cc(Br)ccc2c1)Nc1ccc2c(c1)OC(F)(F)O2. The van der Waals surface area contributed by atoms with E-state index in [9.17, 15) is 13.6 Å². The van der Waals surface area contributed by atoms with E-state index in [1.807, 2.05) is 30.3 Å². The van der Waals surface area contributed by atoms with E-state index in [4.69, 9.17) is 4.74 Å². The zero-order valence-electron chi connectivity index (χ0n) is 13.7. The summed E-state index contributed by atoms with van der Waals surface area (Å²) in [6.07, 6.45) is -3.69. The van der Waals surface area contributed by atoms with E-state index in [1.165, 1.54) is 18.2 Å². The topological polar surface area (TPSA) is 56.8 Å². The Hall–Kier alpha value is -2.87. The molecule has 5 nitrogen and oxygen atoms in total. The first kappa shape index (κ1) is 17.5. The molecule has 0 atom stereocenters. The monoisotopic (exact) mass is 435 g/mol. The van der Waals surface area contributed by atoms with Crippen molar-refractivity contribution in [3.63, 3.8) is 0 Å². The van der Waals surface area contributed by atoms with Crippen molar-refractivity contribution in [2.24, 2.45) is 0 Å². The fraction of sp³-hybridized carbons (Fsp3) is 0.105. The molecule has 0 radical (unpaired) electrons. The Morgan fingerprint density at radius 3 is 2.59 bits per heavy atom. The minimum absolute atomic E-state index is 0.0861. The molecule has 0 aliphatic carbocycles. The molecule has 4 rings (SSSR count). The summed E-state index contributed by atoms with van der Waals surface area (Å²) >= 11 is 3.41. The lowest BCUT2D eigenvalue weighted by molar-refractivity contribution is -0.286. The van der Waals surface area contributed by atoms with E-state index in [0.29, 0.717) is 11.4 Å². The third-order valence-corrected chi connectivity index (χ3v) is 4.32. The van der Waals surface area contributed by atoms with E-state index in [-0.39, 0.29) is 18.1 Å². The van der Waals surface area contributed by atoms with Crippen LogP contribution in [0.15, 0.2) is 59.1 Å². The molecule has 0 saturated heterocycles. The highest BCUT2D eigenvalue weighted by Crippen LogP contribution is 2.42. The first-order chi connectivity index (χ1) is 12.9. The Balaban J connectivity index is 1.38. The normalized spacial score (nSPS) is 14.2. The molecule has 27 heavy (non-hydrogen) atoms. The number of rotatable bonds is 4. The van der Waals surface area contributed by atoms with E-state index in [0.717, 1.165) is 15.2 Å². The summed E-state index contributed by atoms with van der Waals surface area (Å²) < 4.78 is 41.2. The van der Waals surface area contributed by atoms with Crippen LogP contribution in [-0.2, 0) is 4.79 Å². The fourth-order valence-electron chi connectivity index (χ4n) is 2.66. The minimum Gasteiger partial charge on any atom is -0.484 e. The number of benzene rings is 3. The van der Waals surface area contributed by atoms with E-state index in [2.05, 4.69) is 30.7 Å². The quantitative estimate of drug-likeness (QED) is 0.630. The summed E-state index contributed by atoms with van der Waals surface area (Å²) in [6.45, 7) is -0.230. The maximum Gasteiger partial charge on any atom is 0.586 e. The van der Waals surface area contributed by atoms with Gasteiger partial charge in [-0.3, -0.25) is 4.79 Å². The Bertz CT molecular complexity index is 1040. The maximum atomic E-state index is 13.0. The van der Waals surface area contributed by atoms with Crippen molar-refractivity contribution in [3.05, 3.63) is 59.1 Å². The second-order valence-corrected chi connectivity index (χ2v) is 6.73. The molecule has 0 unspecified atom stereocenters. The molecular formula is C19H12BrF2NO4. The van der Waals surface area contributed by atoms with Crippen LogP contribution in [0, 0.1) is 0 Å². The van der Waals surface area contributed by atoms with Crippen molar-refractivity contribution in [3.8, 4) is 17.2 Å². The number of nitrogens with one attached hydrogen (secondary N) is 1. The highest BCUT2D eigenvalue weighted by molar-refractivity contribution is 9.10. The van der Waals surface area contributed by atoms with Gasteiger partial charge in [-0.15, -0.1) is 8.78 Å². The van der Waals surface area contributed by atoms with Gasteiger partial charge in [0, 0.05) is 16.2 Å². The van der Waals surface area contributed by atoms with Crippen LogP contribution in [0.4, 0.5) is 14.5 Å². The average Bonchev–Trinajstić information content (AvgIpc) is 2.93. The second-order valence-electron chi connectivity index (χ2n) is 5.82. The molecule has 0 saturated carbocycles. The molecule has 1 aliphatic rings. The summed E-state index contributed by atoms with van der Waals surface area (Å²) in [6, 6.07) is 15.3. The van der Waals surface area contributed by atoms with Crippen LogP contribution in [0.2, 0.25) is 0 Å². The van der Waals surface area contributed by atoms with Crippen molar-refractivity contribution in [2.45, 2.75) is 6.29 Å². The van der Waals surface area contributed by atoms with Crippen LogP contribution in [0.3, 0.4) is 0 Å². The van der Waals surface area contributed by atoms with Gasteiger partial charge in [0.25, 0.3) is 5.91 Å². The third-order valence-electron chi connectivity index (χ3n) is 3.83. The molecule has 0 aromatic heterocycles. The Morgan fingerprint density at radius 1 is 1.00 bits per heavy atom. The molecule has 1 aliphatic heterocycles. The number of amides is 1. The highest BCUT2D eigenvalue weighted by Gasteiger charge is 2.43. The van der Waals surface area contributed by atoms with Crippen molar-refractivity contribution in [1.29, 1.82) is 0 Å². The largest absolute Gasteiger partial charge is 0.586 e. The molecular weight excluding hydrogens is 424 g/mol. The van der Waals surface area contributed by atoms with Crippen molar-refractivity contribution in [1.82, 2.24) is 0 Å². The summed E-state index contributed by atoms with van der Waals surface area (Å²) in [5, 5.41) is 4.58. The summed E-state index contributed by atoms with van der Waals surface area (Å²) in [5.41, 5.74) is 0.298. The van der Waals surface area contributed by atoms with Crippen molar-refractivity contribution in [2.75, 3.05) is 11.9 Å². The van der Waals surface area contributed by atoms with E-state index in [1.54, 1.807) is 6.07 Å². The first-order valence-electron chi connectivity index (χ1n) is 7.90. The Labute approximate surface area is 161 Å². The Kier molecular flexibility index (Phi) is 4.35. The molecule has 1 heterocycles. The lowest BCUT2D eigenvalue weighted by atomic mass is 10.1. The number of carbonyl (C=O) groups is 1. The van der Waals surface area contributed by atoms with Crippen LogP contribution in [0.1, 0.15) is 0 Å².